The third-order valence-corrected chi connectivity index (χ3v) is 5.95. The molecular weight excluding hydrogens is 372 g/mol. The smallest absolute Gasteiger partial charge is 0.252 e. The van der Waals surface area contributed by atoms with Crippen molar-refractivity contribution >= 4 is 23.0 Å². The number of benzene rings is 1. The fraction of sp³-hybridized carbons (Fsp3) is 0.455. The van der Waals surface area contributed by atoms with Crippen LogP contribution < -0.4 is 10.1 Å². The number of carbonyl (C=O) groups excluding carboxylic acids is 2. The maximum Gasteiger partial charge on any atom is 0.252 e. The summed E-state index contributed by atoms with van der Waals surface area (Å²) in [5.74, 6) is 0.841. The van der Waals surface area contributed by atoms with Crippen LogP contribution in [-0.4, -0.2) is 42.3 Å². The Morgan fingerprint density at radius 1 is 1.32 bits per heavy atom. The molecule has 1 N–H and O–H groups in total. The third-order valence-electron chi connectivity index (χ3n) is 4.92. The Morgan fingerprint density at radius 2 is 2.14 bits per heavy atom. The van der Waals surface area contributed by atoms with Gasteiger partial charge in [0.05, 0.1) is 10.4 Å². The predicted octanol–water partition coefficient (Wildman–Crippen LogP) is 4.13. The molecule has 2 aromatic rings. The number of rotatable bonds is 8. The van der Waals surface area contributed by atoms with E-state index in [1.165, 1.54) is 23.8 Å². The molecule has 1 aliphatic heterocycles. The molecule has 150 valence electrons. The summed E-state index contributed by atoms with van der Waals surface area (Å²) < 4.78 is 6.25. The third kappa shape index (κ3) is 5.42. The van der Waals surface area contributed by atoms with Crippen LogP contribution in [0.4, 0.5) is 0 Å². The van der Waals surface area contributed by atoms with Crippen LogP contribution in [0, 0.1) is 0 Å². The van der Waals surface area contributed by atoms with Gasteiger partial charge in [-0.1, -0.05) is 31.5 Å². The summed E-state index contributed by atoms with van der Waals surface area (Å²) in [4.78, 5) is 26.7. The van der Waals surface area contributed by atoms with Crippen LogP contribution in [0.2, 0.25) is 0 Å². The van der Waals surface area contributed by atoms with Gasteiger partial charge in [-0.3, -0.25) is 14.5 Å². The number of ether oxygens (including phenoxy) is 1. The normalized spacial score (nSPS) is 16.7. The number of nitrogens with zero attached hydrogens (tertiary/aromatic N) is 1. The van der Waals surface area contributed by atoms with E-state index in [-0.39, 0.29) is 17.8 Å². The Labute approximate surface area is 170 Å². The highest BCUT2D eigenvalue weighted by molar-refractivity contribution is 7.12. The molecule has 1 aromatic carbocycles. The molecule has 0 spiro atoms. The number of nitrogens with one attached hydrogen (secondary N) is 1. The standard InChI is InChI=1S/C22H28N2O3S/c1-3-4-8-19-14-24(13-17-7-5-6-9-20(17)27-19)11-10-23-22(26)18-12-21(16(2)25)28-15-18/h5-7,9,12,15,19H,3-4,8,10-11,13-14H2,1-2H3,(H,23,26). The summed E-state index contributed by atoms with van der Waals surface area (Å²) in [5, 5.41) is 4.71. The van der Waals surface area contributed by atoms with Crippen LogP contribution in [0.3, 0.4) is 0 Å². The summed E-state index contributed by atoms with van der Waals surface area (Å²) >= 11 is 1.31. The van der Waals surface area contributed by atoms with E-state index >= 15 is 0 Å². The number of hydrogen-bond acceptors (Lipinski definition) is 5. The number of Topliss-reactive ketones (excluding diaryl/α,β-unsaturated/α-hetero) is 1. The number of carbonyl (C=O) groups is 2. The first-order valence-electron chi connectivity index (χ1n) is 9.91. The minimum Gasteiger partial charge on any atom is -0.489 e. The molecule has 5 nitrogen and oxygen atoms in total. The van der Waals surface area contributed by atoms with Crippen LogP contribution in [0.5, 0.6) is 5.75 Å². The number of fused-ring (bicyclic) bond motifs is 1. The number of para-hydroxylation sites is 1. The zero-order valence-electron chi connectivity index (χ0n) is 16.6. The minimum atomic E-state index is -0.127. The lowest BCUT2D eigenvalue weighted by atomic mass is 10.1. The first-order chi connectivity index (χ1) is 13.6. The second-order valence-electron chi connectivity index (χ2n) is 7.24. The molecule has 0 fully saturated rings. The lowest BCUT2D eigenvalue weighted by molar-refractivity contribution is 0.0942. The quantitative estimate of drug-likeness (QED) is 0.677. The van der Waals surface area contributed by atoms with Crippen molar-refractivity contribution in [3.05, 3.63) is 51.7 Å². The van der Waals surface area contributed by atoms with E-state index in [1.54, 1.807) is 11.4 Å². The molecule has 0 aliphatic carbocycles. The van der Waals surface area contributed by atoms with Crippen LogP contribution in [-0.2, 0) is 6.54 Å². The molecule has 0 saturated heterocycles. The molecule has 3 rings (SSSR count). The van der Waals surface area contributed by atoms with Gasteiger partial charge in [-0.15, -0.1) is 11.3 Å². The van der Waals surface area contributed by atoms with Gasteiger partial charge < -0.3 is 10.1 Å². The summed E-state index contributed by atoms with van der Waals surface area (Å²) in [7, 11) is 0. The van der Waals surface area contributed by atoms with E-state index < -0.39 is 0 Å². The molecule has 2 heterocycles. The Hall–Kier alpha value is -2.18. The summed E-state index contributed by atoms with van der Waals surface area (Å²) in [6.45, 7) is 6.71. The lowest BCUT2D eigenvalue weighted by Gasteiger charge is -2.24. The first kappa shape index (κ1) is 20.6. The van der Waals surface area contributed by atoms with E-state index in [0.717, 1.165) is 44.6 Å². The average Bonchev–Trinajstić information content (AvgIpc) is 3.11. The van der Waals surface area contributed by atoms with Crippen molar-refractivity contribution in [2.24, 2.45) is 0 Å². The highest BCUT2D eigenvalue weighted by atomic mass is 32.1. The molecule has 1 atom stereocenters. The van der Waals surface area contributed by atoms with Gasteiger partial charge in [0.2, 0.25) is 0 Å². The van der Waals surface area contributed by atoms with Crippen molar-refractivity contribution in [3.63, 3.8) is 0 Å². The second kappa shape index (κ2) is 9.85. The van der Waals surface area contributed by atoms with Gasteiger partial charge in [0.25, 0.3) is 5.91 Å². The van der Waals surface area contributed by atoms with Crippen molar-refractivity contribution < 1.29 is 14.3 Å². The Bertz CT molecular complexity index is 818. The predicted molar refractivity (Wildman–Crippen MR) is 112 cm³/mol. The Kier molecular flexibility index (Phi) is 7.23. The molecule has 6 heteroatoms. The largest absolute Gasteiger partial charge is 0.489 e. The zero-order chi connectivity index (χ0) is 19.9. The number of amides is 1. The lowest BCUT2D eigenvalue weighted by Crippen LogP contribution is -2.38. The number of hydrogen-bond donors (Lipinski definition) is 1. The summed E-state index contributed by atoms with van der Waals surface area (Å²) in [6, 6.07) is 9.87. The van der Waals surface area contributed by atoms with Crippen molar-refractivity contribution in [3.8, 4) is 5.75 Å². The Balaban J connectivity index is 1.57. The van der Waals surface area contributed by atoms with Gasteiger partial charge in [0, 0.05) is 37.1 Å². The van der Waals surface area contributed by atoms with E-state index in [1.807, 2.05) is 18.2 Å². The maximum absolute atomic E-state index is 12.3. The van der Waals surface area contributed by atoms with Gasteiger partial charge in [-0.05, 0) is 31.9 Å². The van der Waals surface area contributed by atoms with Crippen LogP contribution in [0.15, 0.2) is 35.7 Å². The van der Waals surface area contributed by atoms with E-state index in [0.29, 0.717) is 17.0 Å². The van der Waals surface area contributed by atoms with E-state index in [2.05, 4.69) is 23.2 Å². The monoisotopic (exact) mass is 400 g/mol. The van der Waals surface area contributed by atoms with Gasteiger partial charge in [-0.2, -0.15) is 0 Å². The molecule has 1 aromatic heterocycles. The maximum atomic E-state index is 12.3. The number of thiophene rings is 1. The van der Waals surface area contributed by atoms with Gasteiger partial charge in [0.15, 0.2) is 5.78 Å². The van der Waals surface area contributed by atoms with Crippen molar-refractivity contribution in [1.82, 2.24) is 10.2 Å². The highest BCUT2D eigenvalue weighted by Crippen LogP contribution is 2.26. The van der Waals surface area contributed by atoms with Gasteiger partial charge in [0.1, 0.15) is 11.9 Å². The molecule has 0 saturated carbocycles. The molecule has 28 heavy (non-hydrogen) atoms. The van der Waals surface area contributed by atoms with Crippen molar-refractivity contribution in [2.75, 3.05) is 19.6 Å². The zero-order valence-corrected chi connectivity index (χ0v) is 17.4. The molecular formula is C22H28N2O3S. The van der Waals surface area contributed by atoms with E-state index in [9.17, 15) is 9.59 Å². The summed E-state index contributed by atoms with van der Waals surface area (Å²) in [5.41, 5.74) is 1.75. The topological polar surface area (TPSA) is 58.6 Å². The fourth-order valence-corrected chi connectivity index (χ4v) is 4.17. The second-order valence-corrected chi connectivity index (χ2v) is 8.15. The van der Waals surface area contributed by atoms with Crippen LogP contribution >= 0.6 is 11.3 Å². The fourth-order valence-electron chi connectivity index (χ4n) is 3.38. The van der Waals surface area contributed by atoms with Crippen molar-refractivity contribution in [2.45, 2.75) is 45.8 Å². The first-order valence-corrected chi connectivity index (χ1v) is 10.8. The average molecular weight is 401 g/mol. The molecule has 1 aliphatic rings. The van der Waals surface area contributed by atoms with Crippen molar-refractivity contribution in [1.29, 1.82) is 0 Å². The van der Waals surface area contributed by atoms with Crippen LogP contribution in [0.1, 0.15) is 58.7 Å². The summed E-state index contributed by atoms with van der Waals surface area (Å²) in [6.07, 6.45) is 3.51. The van der Waals surface area contributed by atoms with Gasteiger partial charge in [-0.25, -0.2) is 0 Å². The molecule has 0 bridgehead atoms. The number of ketones is 1. The van der Waals surface area contributed by atoms with Crippen LogP contribution in [0.25, 0.3) is 0 Å². The SMILES string of the molecule is CCCCC1CN(CCNC(=O)c2csc(C(C)=O)c2)Cc2ccccc2O1. The molecule has 1 unspecified atom stereocenters. The van der Waals surface area contributed by atoms with E-state index in [4.69, 9.17) is 4.74 Å². The highest BCUT2D eigenvalue weighted by Gasteiger charge is 2.22. The minimum absolute atomic E-state index is 0.00889. The van der Waals surface area contributed by atoms with Gasteiger partial charge >= 0.3 is 0 Å². The molecule has 0 radical (unpaired) electrons. The Morgan fingerprint density at radius 3 is 2.89 bits per heavy atom. The number of unbranched alkanes of at least 4 members (excludes halogenated alkanes) is 1. The molecule has 1 amide bonds.